The number of nitrogens with one attached hydrogen (secondary N) is 2. The number of carbonyl (C=O) groups is 1. The summed E-state index contributed by atoms with van der Waals surface area (Å²) in [5, 5.41) is 9.99. The van der Waals surface area contributed by atoms with Crippen molar-refractivity contribution in [3.8, 4) is 0 Å². The fourth-order valence-electron chi connectivity index (χ4n) is 1.74. The van der Waals surface area contributed by atoms with Crippen molar-refractivity contribution >= 4 is 16.9 Å². The number of hydrogen-bond donors (Lipinski definition) is 2. The predicted octanol–water partition coefficient (Wildman–Crippen LogP) is 1.27. The fraction of sp³-hybridized carbons (Fsp3) is 0.364. The number of aromatic nitrogens is 3. The topological polar surface area (TPSA) is 70.7 Å². The highest BCUT2D eigenvalue weighted by Gasteiger charge is 2.15. The number of fused-ring (bicyclic) bond motifs is 1. The van der Waals surface area contributed by atoms with Crippen molar-refractivity contribution in [3.63, 3.8) is 0 Å². The summed E-state index contributed by atoms with van der Waals surface area (Å²) >= 11 is 0. The van der Waals surface area contributed by atoms with Crippen LogP contribution >= 0.6 is 0 Å². The highest BCUT2D eigenvalue weighted by molar-refractivity contribution is 6.06. The van der Waals surface area contributed by atoms with Crippen LogP contribution in [0.25, 0.3) is 11.0 Å². The molecule has 0 spiro atoms. The first-order valence-electron chi connectivity index (χ1n) is 5.30. The summed E-state index contributed by atoms with van der Waals surface area (Å²) in [5.41, 5.74) is 2.47. The van der Waals surface area contributed by atoms with Gasteiger partial charge in [-0.15, -0.1) is 0 Å². The van der Waals surface area contributed by atoms with Crippen LogP contribution in [0.1, 0.15) is 21.7 Å². The summed E-state index contributed by atoms with van der Waals surface area (Å²) in [6.07, 6.45) is 0. The third-order valence-corrected chi connectivity index (χ3v) is 2.46. The summed E-state index contributed by atoms with van der Waals surface area (Å²) in [6.45, 7) is 3.04. The fourth-order valence-corrected chi connectivity index (χ4v) is 1.74. The number of H-pyrrole nitrogens is 1. The van der Waals surface area contributed by atoms with Gasteiger partial charge in [-0.05, 0) is 19.9 Å². The number of halogens is 1. The number of aromatic amines is 1. The molecule has 0 bridgehead atoms. The molecular formula is C11H13FN4O. The monoisotopic (exact) mass is 236 g/mol. The first-order chi connectivity index (χ1) is 8.13. The van der Waals surface area contributed by atoms with Gasteiger partial charge in [0, 0.05) is 17.9 Å². The number of rotatable bonds is 3. The summed E-state index contributed by atoms with van der Waals surface area (Å²) in [6, 6.07) is 1.68. The van der Waals surface area contributed by atoms with Crippen LogP contribution in [-0.2, 0) is 0 Å². The van der Waals surface area contributed by atoms with E-state index in [0.717, 1.165) is 5.69 Å². The molecule has 0 aliphatic heterocycles. The highest BCUT2D eigenvalue weighted by Crippen LogP contribution is 2.19. The molecule has 0 atom stereocenters. The molecule has 0 fully saturated rings. The quantitative estimate of drug-likeness (QED) is 0.843. The standard InChI is InChI=1S/C11H13FN4O/c1-6-5-8(11(17)13-4-3-12)9-7(2)15-16-10(9)14-6/h5H,3-4H2,1-2H3,(H,13,17)(H,14,15,16). The molecular weight excluding hydrogens is 223 g/mol. The summed E-state index contributed by atoms with van der Waals surface area (Å²) in [4.78, 5) is 16.1. The molecule has 0 saturated heterocycles. The molecule has 2 heterocycles. The Morgan fingerprint density at radius 2 is 2.29 bits per heavy atom. The first-order valence-corrected chi connectivity index (χ1v) is 5.30. The lowest BCUT2D eigenvalue weighted by molar-refractivity contribution is 0.0952. The van der Waals surface area contributed by atoms with Crippen molar-refractivity contribution in [1.29, 1.82) is 0 Å². The van der Waals surface area contributed by atoms with Gasteiger partial charge < -0.3 is 5.32 Å². The third-order valence-electron chi connectivity index (χ3n) is 2.46. The predicted molar refractivity (Wildman–Crippen MR) is 61.7 cm³/mol. The van der Waals surface area contributed by atoms with E-state index in [-0.39, 0.29) is 12.5 Å². The van der Waals surface area contributed by atoms with Crippen LogP contribution in [0.5, 0.6) is 0 Å². The maximum Gasteiger partial charge on any atom is 0.252 e. The van der Waals surface area contributed by atoms with E-state index in [0.29, 0.717) is 22.3 Å². The Morgan fingerprint density at radius 1 is 1.53 bits per heavy atom. The molecule has 2 rings (SSSR count). The van der Waals surface area contributed by atoms with Crippen LogP contribution in [-0.4, -0.2) is 34.3 Å². The number of pyridine rings is 1. The van der Waals surface area contributed by atoms with Crippen molar-refractivity contribution in [1.82, 2.24) is 20.5 Å². The zero-order valence-corrected chi connectivity index (χ0v) is 9.67. The van der Waals surface area contributed by atoms with Gasteiger partial charge >= 0.3 is 0 Å². The number of alkyl halides is 1. The van der Waals surface area contributed by atoms with E-state index in [1.54, 1.807) is 13.0 Å². The Hall–Kier alpha value is -1.98. The van der Waals surface area contributed by atoms with Gasteiger partial charge in [-0.25, -0.2) is 9.37 Å². The number of amides is 1. The average Bonchev–Trinajstić information content (AvgIpc) is 2.66. The molecule has 0 radical (unpaired) electrons. The van der Waals surface area contributed by atoms with Gasteiger partial charge in [0.05, 0.1) is 10.9 Å². The molecule has 0 aliphatic carbocycles. The number of carbonyl (C=O) groups excluding carboxylic acids is 1. The lowest BCUT2D eigenvalue weighted by Crippen LogP contribution is -2.25. The lowest BCUT2D eigenvalue weighted by Gasteiger charge is -2.05. The van der Waals surface area contributed by atoms with Crippen LogP contribution in [0.15, 0.2) is 6.07 Å². The van der Waals surface area contributed by atoms with Gasteiger partial charge in [0.1, 0.15) is 6.67 Å². The van der Waals surface area contributed by atoms with Crippen molar-refractivity contribution in [2.45, 2.75) is 13.8 Å². The molecule has 0 aromatic carbocycles. The van der Waals surface area contributed by atoms with Crippen molar-refractivity contribution in [2.75, 3.05) is 13.2 Å². The second-order valence-electron chi connectivity index (χ2n) is 3.80. The third kappa shape index (κ3) is 2.11. The Morgan fingerprint density at radius 3 is 3.00 bits per heavy atom. The molecule has 5 nitrogen and oxygen atoms in total. The molecule has 90 valence electrons. The minimum Gasteiger partial charge on any atom is -0.349 e. The molecule has 1 amide bonds. The van der Waals surface area contributed by atoms with Crippen LogP contribution in [0, 0.1) is 13.8 Å². The van der Waals surface area contributed by atoms with Crippen LogP contribution in [0.2, 0.25) is 0 Å². The Balaban J connectivity index is 2.51. The number of nitrogens with zero attached hydrogens (tertiary/aromatic N) is 2. The Bertz CT molecular complexity index is 564. The summed E-state index contributed by atoms with van der Waals surface area (Å²) in [7, 11) is 0. The molecule has 0 unspecified atom stereocenters. The molecule has 2 aromatic rings. The zero-order chi connectivity index (χ0) is 12.4. The molecule has 2 aromatic heterocycles. The Kier molecular flexibility index (Phi) is 3.03. The van der Waals surface area contributed by atoms with Gasteiger partial charge in [0.15, 0.2) is 5.65 Å². The van der Waals surface area contributed by atoms with E-state index in [1.165, 1.54) is 0 Å². The van der Waals surface area contributed by atoms with Crippen molar-refractivity contribution in [3.05, 3.63) is 23.0 Å². The van der Waals surface area contributed by atoms with E-state index in [1.807, 2.05) is 6.92 Å². The smallest absolute Gasteiger partial charge is 0.252 e. The number of hydrogen-bond acceptors (Lipinski definition) is 3. The molecule has 17 heavy (non-hydrogen) atoms. The van der Waals surface area contributed by atoms with Crippen LogP contribution in [0.4, 0.5) is 4.39 Å². The van der Waals surface area contributed by atoms with E-state index < -0.39 is 6.67 Å². The van der Waals surface area contributed by atoms with E-state index in [9.17, 15) is 9.18 Å². The van der Waals surface area contributed by atoms with E-state index in [4.69, 9.17) is 0 Å². The van der Waals surface area contributed by atoms with Gasteiger partial charge in [0.25, 0.3) is 5.91 Å². The molecule has 0 saturated carbocycles. The summed E-state index contributed by atoms with van der Waals surface area (Å²) in [5.74, 6) is -0.303. The van der Waals surface area contributed by atoms with Gasteiger partial charge in [-0.1, -0.05) is 0 Å². The summed E-state index contributed by atoms with van der Waals surface area (Å²) < 4.78 is 12.0. The minimum absolute atomic E-state index is 0.0125. The van der Waals surface area contributed by atoms with E-state index >= 15 is 0 Å². The molecule has 6 heteroatoms. The second kappa shape index (κ2) is 4.48. The largest absolute Gasteiger partial charge is 0.349 e. The SMILES string of the molecule is Cc1cc(C(=O)NCCF)c2c(C)[nH]nc2n1. The van der Waals surface area contributed by atoms with Crippen LogP contribution in [0.3, 0.4) is 0 Å². The lowest BCUT2D eigenvalue weighted by atomic mass is 10.1. The van der Waals surface area contributed by atoms with Gasteiger partial charge in [-0.2, -0.15) is 5.10 Å². The van der Waals surface area contributed by atoms with Gasteiger partial charge in [-0.3, -0.25) is 9.89 Å². The van der Waals surface area contributed by atoms with E-state index in [2.05, 4.69) is 20.5 Å². The van der Waals surface area contributed by atoms with Crippen molar-refractivity contribution in [2.24, 2.45) is 0 Å². The maximum absolute atomic E-state index is 12.0. The Labute approximate surface area is 97.4 Å². The molecule has 0 aliphatic rings. The molecule has 2 N–H and O–H groups in total. The average molecular weight is 236 g/mol. The normalized spacial score (nSPS) is 10.8. The van der Waals surface area contributed by atoms with Crippen molar-refractivity contribution < 1.29 is 9.18 Å². The minimum atomic E-state index is -0.580. The highest BCUT2D eigenvalue weighted by atomic mass is 19.1. The number of aryl methyl sites for hydroxylation is 2. The second-order valence-corrected chi connectivity index (χ2v) is 3.80. The first kappa shape index (κ1) is 11.5. The van der Waals surface area contributed by atoms with Gasteiger partial charge in [0.2, 0.25) is 0 Å². The maximum atomic E-state index is 12.0. The zero-order valence-electron chi connectivity index (χ0n) is 9.67. The van der Waals surface area contributed by atoms with Crippen LogP contribution < -0.4 is 5.32 Å².